The molecule has 0 radical (unpaired) electrons. The van der Waals surface area contributed by atoms with Crippen molar-refractivity contribution in [2.75, 3.05) is 31.2 Å². The van der Waals surface area contributed by atoms with Crippen LogP contribution in [0.2, 0.25) is 0 Å². The Balaban J connectivity index is 1.87. The molecule has 0 bridgehead atoms. The zero-order valence-corrected chi connectivity index (χ0v) is 10.4. The number of piperidine rings is 1. The average Bonchev–Trinajstić information content (AvgIpc) is 2.86. The number of nitrogens with zero attached hydrogens (tertiary/aromatic N) is 3. The number of anilines is 1. The van der Waals surface area contributed by atoms with Crippen molar-refractivity contribution in [2.45, 2.75) is 18.6 Å². The summed E-state index contributed by atoms with van der Waals surface area (Å²) in [7, 11) is 0. The fraction of sp³-hybridized carbons (Fsp3) is 0.583. The van der Waals surface area contributed by atoms with Gasteiger partial charge in [0, 0.05) is 25.2 Å². The van der Waals surface area contributed by atoms with Crippen LogP contribution >= 0.6 is 0 Å². The molecule has 102 valence electrons. The summed E-state index contributed by atoms with van der Waals surface area (Å²) in [6.45, 7) is 2.38. The van der Waals surface area contributed by atoms with Crippen LogP contribution in [0.1, 0.15) is 12.8 Å². The largest absolute Gasteiger partial charge is 0.346 e. The van der Waals surface area contributed by atoms with Crippen molar-refractivity contribution in [3.05, 3.63) is 28.4 Å². The highest BCUT2D eigenvalue weighted by Gasteiger charge is 2.42. The monoisotopic (exact) mass is 265 g/mol. The SMILES string of the molecule is O=[N+]([O-])c1cccnc1N1CCCC2(C1)OCCO2. The highest BCUT2D eigenvalue weighted by atomic mass is 16.7. The molecule has 1 aromatic heterocycles. The zero-order chi connectivity index (χ0) is 13.3. The third kappa shape index (κ3) is 2.26. The summed E-state index contributed by atoms with van der Waals surface area (Å²) in [6, 6.07) is 3.05. The Morgan fingerprint density at radius 2 is 2.21 bits per heavy atom. The maximum atomic E-state index is 11.1. The lowest BCUT2D eigenvalue weighted by Crippen LogP contribution is -2.49. The summed E-state index contributed by atoms with van der Waals surface area (Å²) >= 11 is 0. The van der Waals surface area contributed by atoms with Crippen LogP contribution in [0.5, 0.6) is 0 Å². The third-order valence-electron chi connectivity index (χ3n) is 3.49. The van der Waals surface area contributed by atoms with E-state index < -0.39 is 10.7 Å². The molecule has 7 nitrogen and oxygen atoms in total. The predicted octanol–water partition coefficient (Wildman–Crippen LogP) is 1.33. The van der Waals surface area contributed by atoms with E-state index in [4.69, 9.17) is 9.47 Å². The van der Waals surface area contributed by atoms with Crippen molar-refractivity contribution in [3.8, 4) is 0 Å². The highest BCUT2D eigenvalue weighted by molar-refractivity contribution is 5.57. The maximum absolute atomic E-state index is 11.1. The summed E-state index contributed by atoms with van der Waals surface area (Å²) < 4.78 is 11.3. The van der Waals surface area contributed by atoms with Gasteiger partial charge in [0.2, 0.25) is 5.82 Å². The topological polar surface area (TPSA) is 77.7 Å². The van der Waals surface area contributed by atoms with Crippen molar-refractivity contribution in [2.24, 2.45) is 0 Å². The number of nitro groups is 1. The molecule has 2 aliphatic heterocycles. The van der Waals surface area contributed by atoms with Gasteiger partial charge in [-0.05, 0) is 12.5 Å². The fourth-order valence-corrected chi connectivity index (χ4v) is 2.68. The Bertz CT molecular complexity index is 488. The van der Waals surface area contributed by atoms with Crippen molar-refractivity contribution in [1.29, 1.82) is 0 Å². The number of hydrogen-bond acceptors (Lipinski definition) is 6. The molecule has 2 fully saturated rings. The minimum Gasteiger partial charge on any atom is -0.346 e. The molecule has 3 rings (SSSR count). The Morgan fingerprint density at radius 1 is 1.42 bits per heavy atom. The van der Waals surface area contributed by atoms with Gasteiger partial charge in [0.05, 0.1) is 24.7 Å². The minimum atomic E-state index is -0.607. The average molecular weight is 265 g/mol. The summed E-state index contributed by atoms with van der Waals surface area (Å²) in [5.74, 6) is -0.213. The quantitative estimate of drug-likeness (QED) is 0.593. The normalized spacial score (nSPS) is 21.8. The van der Waals surface area contributed by atoms with E-state index in [0.29, 0.717) is 25.6 Å². The van der Waals surface area contributed by atoms with Crippen LogP contribution in [0.3, 0.4) is 0 Å². The lowest BCUT2D eigenvalue weighted by molar-refractivity contribution is -0.384. The van der Waals surface area contributed by atoms with Crippen LogP contribution < -0.4 is 4.90 Å². The molecule has 0 N–H and O–H groups in total. The van der Waals surface area contributed by atoms with E-state index in [2.05, 4.69) is 4.98 Å². The van der Waals surface area contributed by atoms with E-state index in [9.17, 15) is 10.1 Å². The lowest BCUT2D eigenvalue weighted by Gasteiger charge is -2.38. The Hall–Kier alpha value is -1.73. The molecular formula is C12H15N3O4. The van der Waals surface area contributed by atoms with Crippen LogP contribution in [0, 0.1) is 10.1 Å². The number of hydrogen-bond donors (Lipinski definition) is 0. The van der Waals surface area contributed by atoms with E-state index >= 15 is 0 Å². The summed E-state index contributed by atoms with van der Waals surface area (Å²) in [6.07, 6.45) is 3.26. The van der Waals surface area contributed by atoms with Gasteiger partial charge in [-0.2, -0.15) is 0 Å². The summed E-state index contributed by atoms with van der Waals surface area (Å²) in [5, 5.41) is 11.1. The first-order valence-electron chi connectivity index (χ1n) is 6.32. The molecule has 0 saturated carbocycles. The smallest absolute Gasteiger partial charge is 0.311 e. The second-order valence-corrected chi connectivity index (χ2v) is 4.74. The molecule has 0 atom stereocenters. The Morgan fingerprint density at radius 3 is 2.95 bits per heavy atom. The van der Waals surface area contributed by atoms with Gasteiger partial charge in [-0.25, -0.2) is 4.98 Å². The second kappa shape index (κ2) is 4.75. The van der Waals surface area contributed by atoms with Crippen molar-refractivity contribution in [1.82, 2.24) is 4.98 Å². The van der Waals surface area contributed by atoms with E-state index in [1.807, 2.05) is 4.90 Å². The van der Waals surface area contributed by atoms with Gasteiger partial charge in [0.1, 0.15) is 0 Å². The Labute approximate surface area is 110 Å². The fourth-order valence-electron chi connectivity index (χ4n) is 2.68. The van der Waals surface area contributed by atoms with Gasteiger partial charge >= 0.3 is 5.69 Å². The van der Waals surface area contributed by atoms with Gasteiger partial charge in [-0.15, -0.1) is 0 Å². The van der Waals surface area contributed by atoms with Crippen LogP contribution in [-0.4, -0.2) is 42.0 Å². The van der Waals surface area contributed by atoms with Crippen molar-refractivity contribution < 1.29 is 14.4 Å². The molecule has 0 aliphatic carbocycles. The molecule has 0 aromatic carbocycles. The number of rotatable bonds is 2. The van der Waals surface area contributed by atoms with Gasteiger partial charge in [-0.1, -0.05) is 0 Å². The highest BCUT2D eigenvalue weighted by Crippen LogP contribution is 2.34. The predicted molar refractivity (Wildman–Crippen MR) is 67.0 cm³/mol. The molecule has 0 amide bonds. The third-order valence-corrected chi connectivity index (χ3v) is 3.49. The molecule has 7 heteroatoms. The molecule has 3 heterocycles. The van der Waals surface area contributed by atoms with Crippen LogP contribution in [-0.2, 0) is 9.47 Å². The summed E-state index contributed by atoms with van der Waals surface area (Å²) in [5.41, 5.74) is 0.0255. The van der Waals surface area contributed by atoms with Crippen molar-refractivity contribution in [3.63, 3.8) is 0 Å². The Kier molecular flexibility index (Phi) is 3.08. The van der Waals surface area contributed by atoms with Gasteiger partial charge in [-0.3, -0.25) is 10.1 Å². The van der Waals surface area contributed by atoms with Gasteiger partial charge < -0.3 is 14.4 Å². The number of aromatic nitrogens is 1. The molecule has 1 aromatic rings. The summed E-state index contributed by atoms with van der Waals surface area (Å²) in [4.78, 5) is 16.7. The molecule has 19 heavy (non-hydrogen) atoms. The van der Waals surface area contributed by atoms with Crippen LogP contribution in [0.25, 0.3) is 0 Å². The number of pyridine rings is 1. The van der Waals surface area contributed by atoms with E-state index in [0.717, 1.165) is 19.4 Å². The van der Waals surface area contributed by atoms with E-state index in [1.165, 1.54) is 6.07 Å². The molecular weight excluding hydrogens is 250 g/mol. The van der Waals surface area contributed by atoms with Gasteiger partial charge in [0.15, 0.2) is 5.79 Å². The first-order chi connectivity index (χ1) is 9.20. The molecule has 2 aliphatic rings. The minimum absolute atomic E-state index is 0.0255. The standard InChI is InChI=1S/C12H15N3O4/c16-15(17)10-3-1-5-13-11(10)14-6-2-4-12(9-14)18-7-8-19-12/h1,3,5H,2,4,6-9H2. The maximum Gasteiger partial charge on any atom is 0.311 e. The van der Waals surface area contributed by atoms with Crippen LogP contribution in [0.15, 0.2) is 18.3 Å². The molecule has 2 saturated heterocycles. The molecule has 1 spiro atoms. The zero-order valence-electron chi connectivity index (χ0n) is 10.4. The van der Waals surface area contributed by atoms with E-state index in [-0.39, 0.29) is 5.69 Å². The first-order valence-corrected chi connectivity index (χ1v) is 6.32. The van der Waals surface area contributed by atoms with E-state index in [1.54, 1.807) is 12.3 Å². The first kappa shape index (κ1) is 12.3. The number of ether oxygens (including phenoxy) is 2. The molecule has 0 unspecified atom stereocenters. The second-order valence-electron chi connectivity index (χ2n) is 4.74. The van der Waals surface area contributed by atoms with Crippen LogP contribution in [0.4, 0.5) is 11.5 Å². The lowest BCUT2D eigenvalue weighted by atomic mass is 10.0. The van der Waals surface area contributed by atoms with Crippen molar-refractivity contribution >= 4 is 11.5 Å². The van der Waals surface area contributed by atoms with Gasteiger partial charge in [0.25, 0.3) is 0 Å².